The number of aromatic nitrogens is 4. The molecule has 2 unspecified atom stereocenters. The van der Waals surface area contributed by atoms with Crippen LogP contribution in [0.25, 0.3) is 11.2 Å². The van der Waals surface area contributed by atoms with Crippen molar-refractivity contribution in [3.05, 3.63) is 42.0 Å². The van der Waals surface area contributed by atoms with Gasteiger partial charge in [-0.1, -0.05) is 5.92 Å². The number of carbonyl (C=O) groups excluding carboxylic acids is 2. The number of nitrogens with zero attached hydrogens (tertiary/aromatic N) is 5. The molecule has 222 valence electrons. The monoisotopic (exact) mass is 585 g/mol. The first kappa shape index (κ1) is 29.1. The molecule has 0 bridgehead atoms. The molecule has 15 heteroatoms. The summed E-state index contributed by atoms with van der Waals surface area (Å²) in [6.07, 6.45) is -2.81. The molecule has 2 amide bonds. The smallest absolute Gasteiger partial charge is 0.410 e. The van der Waals surface area contributed by atoms with Crippen LogP contribution >= 0.6 is 0 Å². The van der Waals surface area contributed by atoms with Crippen LogP contribution in [0.15, 0.2) is 24.5 Å². The number of rotatable bonds is 5. The SMILES string of the molecule is CCNC(=O)C1OC(n2cnc3c(N)nc(C#CCC4CCN(C(=O)Oc5ccc(F)c(F)c5)CC4)nc32)[C@@H](O)[C@H]1O. The number of halogens is 2. The number of likely N-dealkylation sites (tertiary alicyclic amines) is 1. The quantitative estimate of drug-likeness (QED) is 0.317. The van der Waals surface area contributed by atoms with Crippen molar-refractivity contribution in [2.24, 2.45) is 5.92 Å². The number of nitrogen functional groups attached to an aromatic ring is 1. The van der Waals surface area contributed by atoms with Crippen LogP contribution < -0.4 is 15.8 Å². The number of amides is 2. The summed E-state index contributed by atoms with van der Waals surface area (Å²) in [7, 11) is 0. The average Bonchev–Trinajstić information content (AvgIpc) is 3.52. The summed E-state index contributed by atoms with van der Waals surface area (Å²) < 4.78 is 38.7. The fourth-order valence-corrected chi connectivity index (χ4v) is 4.86. The van der Waals surface area contributed by atoms with Gasteiger partial charge in [-0.15, -0.1) is 0 Å². The molecule has 2 fully saturated rings. The van der Waals surface area contributed by atoms with Crippen molar-refractivity contribution in [3.8, 4) is 17.6 Å². The Labute approximate surface area is 238 Å². The van der Waals surface area contributed by atoms with Gasteiger partial charge >= 0.3 is 6.09 Å². The number of aliphatic hydroxyl groups is 2. The van der Waals surface area contributed by atoms with Gasteiger partial charge in [0, 0.05) is 32.1 Å². The molecule has 2 saturated heterocycles. The number of nitrogens with two attached hydrogens (primary N) is 1. The van der Waals surface area contributed by atoms with Crippen LogP contribution in [0.1, 0.15) is 38.2 Å². The Morgan fingerprint density at radius 1 is 1.19 bits per heavy atom. The van der Waals surface area contributed by atoms with E-state index in [1.807, 2.05) is 0 Å². The standard InChI is InChI=1S/C27H29F2N7O6/c1-2-31-25(39)22-20(37)21(38)26(42-22)36-13-32-19-23(30)33-18(34-24(19)36)5-3-4-14-8-10-35(11-9-14)27(40)41-15-6-7-16(28)17(29)12-15/h6-7,12-14,20-22,26,37-38H,2,4,8-11H2,1H3,(H,31,39)(H2,30,33,34)/t20-,21+,22?,26?/m1/s1. The molecule has 0 radical (unpaired) electrons. The number of benzene rings is 1. The lowest BCUT2D eigenvalue weighted by molar-refractivity contribution is -0.137. The molecule has 0 aliphatic carbocycles. The Kier molecular flexibility index (Phi) is 8.48. The molecule has 4 heterocycles. The lowest BCUT2D eigenvalue weighted by Gasteiger charge is -2.30. The van der Waals surface area contributed by atoms with Crippen molar-refractivity contribution in [2.45, 2.75) is 50.7 Å². The molecule has 2 aliphatic heterocycles. The zero-order valence-corrected chi connectivity index (χ0v) is 22.5. The third-order valence-electron chi connectivity index (χ3n) is 7.13. The van der Waals surface area contributed by atoms with Crippen LogP contribution in [0.5, 0.6) is 5.75 Å². The number of nitrogens with one attached hydrogen (secondary N) is 1. The Hall–Kier alpha value is -4.39. The van der Waals surface area contributed by atoms with E-state index in [4.69, 9.17) is 15.2 Å². The molecule has 5 N–H and O–H groups in total. The number of aliphatic hydroxyl groups excluding tert-OH is 2. The van der Waals surface area contributed by atoms with Crippen LogP contribution in [-0.2, 0) is 9.53 Å². The number of anilines is 1. The molecule has 0 saturated carbocycles. The predicted octanol–water partition coefficient (Wildman–Crippen LogP) is 1.09. The fourth-order valence-electron chi connectivity index (χ4n) is 4.86. The Bertz CT molecular complexity index is 1550. The Morgan fingerprint density at radius 3 is 2.67 bits per heavy atom. The highest BCUT2D eigenvalue weighted by Crippen LogP contribution is 2.32. The van der Waals surface area contributed by atoms with Gasteiger partial charge in [0.1, 0.15) is 23.5 Å². The van der Waals surface area contributed by atoms with Crippen molar-refractivity contribution >= 4 is 29.0 Å². The summed E-state index contributed by atoms with van der Waals surface area (Å²) in [4.78, 5) is 38.9. The van der Waals surface area contributed by atoms with Gasteiger partial charge in [0.25, 0.3) is 5.91 Å². The van der Waals surface area contributed by atoms with E-state index in [0.717, 1.165) is 12.1 Å². The van der Waals surface area contributed by atoms with Crippen molar-refractivity contribution in [3.63, 3.8) is 0 Å². The predicted molar refractivity (Wildman–Crippen MR) is 143 cm³/mol. The van der Waals surface area contributed by atoms with Gasteiger partial charge in [-0.25, -0.2) is 28.5 Å². The lowest BCUT2D eigenvalue weighted by Crippen LogP contribution is -2.42. The second kappa shape index (κ2) is 12.2. The van der Waals surface area contributed by atoms with Gasteiger partial charge in [0.15, 0.2) is 35.4 Å². The first-order valence-corrected chi connectivity index (χ1v) is 13.4. The summed E-state index contributed by atoms with van der Waals surface area (Å²) in [5.41, 5.74) is 6.54. The minimum Gasteiger partial charge on any atom is -0.410 e. The molecule has 2 aliphatic rings. The van der Waals surface area contributed by atoms with E-state index in [2.05, 4.69) is 32.1 Å². The molecule has 42 heavy (non-hydrogen) atoms. The molecular formula is C27H29F2N7O6. The van der Waals surface area contributed by atoms with Crippen LogP contribution in [0.4, 0.5) is 19.4 Å². The maximum Gasteiger partial charge on any atom is 0.415 e. The fraction of sp³-hybridized carbons (Fsp3) is 0.444. The molecule has 5 rings (SSSR count). The zero-order chi connectivity index (χ0) is 30.0. The number of imidazole rings is 1. The van der Waals surface area contributed by atoms with E-state index in [1.54, 1.807) is 6.92 Å². The minimum absolute atomic E-state index is 0.0595. The summed E-state index contributed by atoms with van der Waals surface area (Å²) >= 11 is 0. The number of hydrogen-bond acceptors (Lipinski definition) is 10. The molecule has 1 aromatic carbocycles. The average molecular weight is 586 g/mol. The van der Waals surface area contributed by atoms with Gasteiger partial charge in [0.2, 0.25) is 5.82 Å². The molecule has 2 aromatic heterocycles. The summed E-state index contributed by atoms with van der Waals surface area (Å²) in [5.74, 6) is 3.55. The minimum atomic E-state index is -1.46. The molecular weight excluding hydrogens is 556 g/mol. The third kappa shape index (κ3) is 5.96. The number of ether oxygens (including phenoxy) is 2. The third-order valence-corrected chi connectivity index (χ3v) is 7.13. The highest BCUT2D eigenvalue weighted by molar-refractivity contribution is 5.83. The zero-order valence-electron chi connectivity index (χ0n) is 22.5. The Balaban J connectivity index is 1.21. The second-order valence-corrected chi connectivity index (χ2v) is 9.96. The number of fused-ring (bicyclic) bond motifs is 1. The van der Waals surface area contributed by atoms with E-state index in [1.165, 1.54) is 21.9 Å². The number of piperidine rings is 1. The van der Waals surface area contributed by atoms with Crippen molar-refractivity contribution < 1.29 is 38.1 Å². The van der Waals surface area contributed by atoms with E-state index in [-0.39, 0.29) is 34.5 Å². The number of carbonyl (C=O) groups is 2. The largest absolute Gasteiger partial charge is 0.415 e. The van der Waals surface area contributed by atoms with Crippen molar-refractivity contribution in [2.75, 3.05) is 25.4 Å². The summed E-state index contributed by atoms with van der Waals surface area (Å²) in [6, 6.07) is 2.91. The van der Waals surface area contributed by atoms with Gasteiger partial charge in [-0.3, -0.25) is 9.36 Å². The number of hydrogen-bond donors (Lipinski definition) is 4. The van der Waals surface area contributed by atoms with Gasteiger partial charge < -0.3 is 35.6 Å². The topological polar surface area (TPSA) is 178 Å². The molecule has 0 spiro atoms. The normalized spacial score (nSPS) is 22.5. The molecule has 3 aromatic rings. The van der Waals surface area contributed by atoms with Crippen LogP contribution in [-0.4, -0.2) is 84.6 Å². The van der Waals surface area contributed by atoms with Crippen molar-refractivity contribution in [1.29, 1.82) is 0 Å². The maximum absolute atomic E-state index is 13.4. The Morgan fingerprint density at radius 2 is 1.95 bits per heavy atom. The van der Waals surface area contributed by atoms with Gasteiger partial charge in [-0.2, -0.15) is 0 Å². The van der Waals surface area contributed by atoms with Gasteiger partial charge in [-0.05, 0) is 43.7 Å². The van der Waals surface area contributed by atoms with E-state index in [9.17, 15) is 28.6 Å². The van der Waals surface area contributed by atoms with Crippen LogP contribution in [0, 0.1) is 29.4 Å². The summed E-state index contributed by atoms with van der Waals surface area (Å²) in [6.45, 7) is 2.88. The number of likely N-dealkylation sites (N-methyl/N-ethyl adjacent to an activating group) is 1. The lowest BCUT2D eigenvalue weighted by atomic mass is 9.94. The van der Waals surface area contributed by atoms with E-state index < -0.39 is 48.2 Å². The first-order valence-electron chi connectivity index (χ1n) is 13.4. The first-order chi connectivity index (χ1) is 20.2. The van der Waals surface area contributed by atoms with E-state index >= 15 is 0 Å². The maximum atomic E-state index is 13.4. The van der Waals surface area contributed by atoms with Crippen LogP contribution in [0.3, 0.4) is 0 Å². The second-order valence-electron chi connectivity index (χ2n) is 9.96. The molecule has 13 nitrogen and oxygen atoms in total. The highest BCUT2D eigenvalue weighted by Gasteiger charge is 2.47. The molecule has 4 atom stereocenters. The van der Waals surface area contributed by atoms with Crippen LogP contribution in [0.2, 0.25) is 0 Å². The van der Waals surface area contributed by atoms with Gasteiger partial charge in [0.05, 0.1) is 6.33 Å². The summed E-state index contributed by atoms with van der Waals surface area (Å²) in [5, 5.41) is 23.5. The highest BCUT2D eigenvalue weighted by atomic mass is 19.2. The van der Waals surface area contributed by atoms with Crippen molar-refractivity contribution in [1.82, 2.24) is 29.7 Å². The van der Waals surface area contributed by atoms with E-state index in [0.29, 0.717) is 38.9 Å².